The van der Waals surface area contributed by atoms with Crippen molar-refractivity contribution in [2.75, 3.05) is 6.61 Å². The second-order valence-electron chi connectivity index (χ2n) is 11.7. The van der Waals surface area contributed by atoms with Crippen LogP contribution in [0.1, 0.15) is 96.7 Å². The second-order valence-corrected chi connectivity index (χ2v) is 11.7. The molecular formula is C36H45N5O2. The highest BCUT2D eigenvalue weighted by Crippen LogP contribution is 2.39. The van der Waals surface area contributed by atoms with E-state index in [1.54, 1.807) is 6.21 Å². The van der Waals surface area contributed by atoms with Crippen LogP contribution < -0.4 is 16.0 Å². The first-order valence-electron chi connectivity index (χ1n) is 15.4. The molecule has 0 amide bonds. The summed E-state index contributed by atoms with van der Waals surface area (Å²) in [4.78, 5) is 16.3. The van der Waals surface area contributed by atoms with Gasteiger partial charge in [-0.15, -0.1) is 0 Å². The Morgan fingerprint density at radius 3 is 2.21 bits per heavy atom. The van der Waals surface area contributed by atoms with Gasteiger partial charge in [-0.2, -0.15) is 0 Å². The van der Waals surface area contributed by atoms with Gasteiger partial charge in [0, 0.05) is 50.3 Å². The van der Waals surface area contributed by atoms with Gasteiger partial charge >= 0.3 is 0 Å². The number of rotatable bonds is 8. The molecule has 5 N–H and O–H groups in total. The predicted molar refractivity (Wildman–Crippen MR) is 179 cm³/mol. The number of fused-ring (bicyclic) bond motifs is 8. The smallest absolute Gasteiger partial charge is 0.129 e. The number of aromatic amines is 3. The highest BCUT2D eigenvalue weighted by atomic mass is 16.6. The molecule has 3 aromatic heterocycles. The minimum atomic E-state index is -1.29. The molecule has 1 atom stereocenters. The van der Waals surface area contributed by atoms with Crippen LogP contribution in [0.4, 0.5) is 0 Å². The maximum absolute atomic E-state index is 12.0. The van der Waals surface area contributed by atoms with Crippen molar-refractivity contribution < 1.29 is 9.94 Å². The summed E-state index contributed by atoms with van der Waals surface area (Å²) in [7, 11) is 0. The van der Waals surface area contributed by atoms with E-state index in [0.29, 0.717) is 17.9 Å². The standard InChI is InChI=1S/C36H45N5O2/c1-9-13-25-22(6)28-17-31-24(11-3)21(5)29(38-31)18-34-27(15-16-37-43-12-4)36(8,42)35(41-34)20-30-23(7)26(14-10-2)33(40-30)19-32(25)39-28/h11,15-20,38-42H,3,9-10,12-14H2,1-2,4-8H3/b27-15-,28-17?,32-19?,34-18?,35-20?,37-16?. The number of nitrogens with zero attached hydrogens (tertiary/aromatic N) is 1. The van der Waals surface area contributed by atoms with Crippen LogP contribution >= 0.6 is 0 Å². The average Bonchev–Trinajstić information content (AvgIpc) is 3.60. The first-order chi connectivity index (χ1) is 20.6. The SMILES string of the molecule is C=Cc1c2[nH]c(c1C)C=C1NC(=Cc3[nH]c(c(CCC)c3C)C=c3[nH]c(c(C)c3CCC)=C2)C(C)(O)/C1=C\C=NOCC. The van der Waals surface area contributed by atoms with Gasteiger partial charge in [0.05, 0.1) is 11.9 Å². The van der Waals surface area contributed by atoms with Crippen molar-refractivity contribution in [2.24, 2.45) is 5.16 Å². The van der Waals surface area contributed by atoms with Crippen LogP contribution in [0, 0.1) is 20.8 Å². The minimum Gasteiger partial charge on any atom is -0.396 e. The van der Waals surface area contributed by atoms with Crippen molar-refractivity contribution >= 4 is 36.6 Å². The van der Waals surface area contributed by atoms with Crippen molar-refractivity contribution in [2.45, 2.75) is 79.8 Å². The Balaban J connectivity index is 1.87. The van der Waals surface area contributed by atoms with Gasteiger partial charge in [-0.3, -0.25) is 0 Å². The third kappa shape index (κ3) is 5.50. The Morgan fingerprint density at radius 2 is 1.51 bits per heavy atom. The van der Waals surface area contributed by atoms with E-state index >= 15 is 0 Å². The summed E-state index contributed by atoms with van der Waals surface area (Å²) < 4.78 is 0. The van der Waals surface area contributed by atoms with E-state index < -0.39 is 5.60 Å². The molecule has 0 aromatic carbocycles. The number of hydrogen-bond donors (Lipinski definition) is 5. The summed E-state index contributed by atoms with van der Waals surface area (Å²) in [6.45, 7) is 19.2. The molecule has 0 radical (unpaired) electrons. The van der Waals surface area contributed by atoms with Crippen molar-refractivity contribution in [3.05, 3.63) is 96.5 Å². The molecule has 226 valence electrons. The van der Waals surface area contributed by atoms with Crippen molar-refractivity contribution in [3.8, 4) is 0 Å². The molecule has 2 aliphatic heterocycles. The predicted octanol–water partition coefficient (Wildman–Crippen LogP) is 5.80. The number of allylic oxidation sites excluding steroid dienone is 1. The maximum Gasteiger partial charge on any atom is 0.129 e. The lowest BCUT2D eigenvalue weighted by atomic mass is 9.93. The lowest BCUT2D eigenvalue weighted by Gasteiger charge is -2.19. The van der Waals surface area contributed by atoms with Crippen LogP contribution in [0.25, 0.3) is 30.4 Å². The summed E-state index contributed by atoms with van der Waals surface area (Å²) in [5.41, 5.74) is 12.1. The molecule has 8 bridgehead atoms. The number of oxime groups is 1. The van der Waals surface area contributed by atoms with Crippen LogP contribution in [0.3, 0.4) is 0 Å². The molecule has 7 heteroatoms. The fourth-order valence-corrected chi connectivity index (χ4v) is 6.30. The largest absolute Gasteiger partial charge is 0.396 e. The number of H-pyrrole nitrogens is 3. The fraction of sp³-hybridized carbons (Fsp3) is 0.361. The second kappa shape index (κ2) is 12.2. The molecule has 2 aliphatic rings. The van der Waals surface area contributed by atoms with Crippen molar-refractivity contribution in [1.82, 2.24) is 20.3 Å². The Labute approximate surface area is 254 Å². The molecule has 5 heterocycles. The Kier molecular flexibility index (Phi) is 8.56. The van der Waals surface area contributed by atoms with E-state index in [2.05, 4.69) is 84.9 Å². The molecule has 1 fully saturated rings. The molecule has 5 rings (SSSR count). The van der Waals surface area contributed by atoms with Gasteiger partial charge in [-0.25, -0.2) is 0 Å². The van der Waals surface area contributed by atoms with Crippen LogP contribution in [0.5, 0.6) is 0 Å². The van der Waals surface area contributed by atoms with Crippen LogP contribution in [-0.4, -0.2) is 38.5 Å². The Hall–Kier alpha value is -4.23. The molecule has 1 unspecified atom stereocenters. The Morgan fingerprint density at radius 1 is 0.837 bits per heavy atom. The summed E-state index contributed by atoms with van der Waals surface area (Å²) in [6, 6.07) is 0. The van der Waals surface area contributed by atoms with Gasteiger partial charge in [0.25, 0.3) is 0 Å². The topological polar surface area (TPSA) is 101 Å². The van der Waals surface area contributed by atoms with E-state index in [4.69, 9.17) is 4.84 Å². The average molecular weight is 580 g/mol. The van der Waals surface area contributed by atoms with Crippen LogP contribution in [0.2, 0.25) is 0 Å². The molecule has 3 aromatic rings. The van der Waals surface area contributed by atoms with Gasteiger partial charge in [-0.05, 0) is 106 Å². The van der Waals surface area contributed by atoms with Gasteiger partial charge < -0.3 is 30.2 Å². The van der Waals surface area contributed by atoms with E-state index in [-0.39, 0.29) is 0 Å². The summed E-state index contributed by atoms with van der Waals surface area (Å²) in [5.74, 6) is 0. The summed E-state index contributed by atoms with van der Waals surface area (Å²) >= 11 is 0. The van der Waals surface area contributed by atoms with Crippen LogP contribution in [0.15, 0.2) is 34.8 Å². The van der Waals surface area contributed by atoms with Gasteiger partial charge in [0.2, 0.25) is 0 Å². The molecule has 43 heavy (non-hydrogen) atoms. The third-order valence-corrected chi connectivity index (χ3v) is 8.74. The normalized spacial score (nSPS) is 18.7. The third-order valence-electron chi connectivity index (χ3n) is 8.74. The number of aromatic nitrogens is 3. The number of aliphatic hydroxyl groups is 1. The van der Waals surface area contributed by atoms with Crippen molar-refractivity contribution in [1.29, 1.82) is 0 Å². The lowest BCUT2D eigenvalue weighted by molar-refractivity contribution is 0.147. The minimum absolute atomic E-state index is 0.473. The first kappa shape index (κ1) is 30.2. The van der Waals surface area contributed by atoms with E-state index in [1.165, 1.54) is 22.3 Å². The molecule has 1 saturated heterocycles. The van der Waals surface area contributed by atoms with E-state index in [0.717, 1.165) is 76.0 Å². The van der Waals surface area contributed by atoms with Gasteiger partial charge in [-0.1, -0.05) is 44.5 Å². The lowest BCUT2D eigenvalue weighted by Crippen LogP contribution is -2.26. The maximum atomic E-state index is 12.0. The zero-order valence-corrected chi connectivity index (χ0v) is 26.6. The zero-order valence-electron chi connectivity index (χ0n) is 26.6. The number of hydrogen-bond acceptors (Lipinski definition) is 4. The molecular weight excluding hydrogens is 534 g/mol. The fourth-order valence-electron chi connectivity index (χ4n) is 6.30. The highest BCUT2D eigenvalue weighted by molar-refractivity contribution is 5.80. The molecule has 0 spiro atoms. The molecule has 0 saturated carbocycles. The van der Waals surface area contributed by atoms with Gasteiger partial charge in [0.1, 0.15) is 12.2 Å². The summed E-state index contributed by atoms with van der Waals surface area (Å²) in [5, 5.41) is 21.7. The Bertz CT molecular complexity index is 1800. The van der Waals surface area contributed by atoms with Gasteiger partial charge in [0.15, 0.2) is 0 Å². The molecule has 0 aliphatic carbocycles. The highest BCUT2D eigenvalue weighted by Gasteiger charge is 2.40. The van der Waals surface area contributed by atoms with Crippen LogP contribution in [-0.2, 0) is 17.7 Å². The van der Waals surface area contributed by atoms with Crippen molar-refractivity contribution in [3.63, 3.8) is 0 Å². The first-order valence-corrected chi connectivity index (χ1v) is 15.4. The monoisotopic (exact) mass is 579 g/mol. The zero-order chi connectivity index (χ0) is 30.9. The molecule has 7 nitrogen and oxygen atoms in total. The summed E-state index contributed by atoms with van der Waals surface area (Å²) in [6.07, 6.45) is 17.9. The quantitative estimate of drug-likeness (QED) is 0.172. The van der Waals surface area contributed by atoms with E-state index in [1.807, 2.05) is 32.1 Å². The van der Waals surface area contributed by atoms with E-state index in [9.17, 15) is 5.11 Å². The number of nitrogens with one attached hydrogen (secondary N) is 4.